The Morgan fingerprint density at radius 3 is 2.11 bits per heavy atom. The molecule has 2 aromatic rings. The number of hydrogen-bond acceptors (Lipinski definition) is 6. The summed E-state index contributed by atoms with van der Waals surface area (Å²) in [6.45, 7) is 1.16. The minimum absolute atomic E-state index is 0.114. The molecule has 0 unspecified atom stereocenters. The highest BCUT2D eigenvalue weighted by atomic mass is 16.5. The molecule has 2 N–H and O–H groups in total. The van der Waals surface area contributed by atoms with Gasteiger partial charge < -0.3 is 29.6 Å². The fraction of sp³-hybridized carbons (Fsp3) is 0.350. The summed E-state index contributed by atoms with van der Waals surface area (Å²) in [6.07, 6.45) is 0.325. The van der Waals surface area contributed by atoms with Crippen LogP contribution in [0, 0.1) is 0 Å². The molecule has 0 radical (unpaired) electrons. The fourth-order valence-corrected chi connectivity index (χ4v) is 2.65. The van der Waals surface area contributed by atoms with Crippen molar-refractivity contribution < 1.29 is 23.7 Å². The van der Waals surface area contributed by atoms with E-state index in [1.54, 1.807) is 19.2 Å². The molecule has 0 heterocycles. The first-order chi connectivity index (χ1) is 13.1. The van der Waals surface area contributed by atoms with Crippen LogP contribution in [0.25, 0.3) is 0 Å². The molecule has 2 aromatic carbocycles. The highest BCUT2D eigenvalue weighted by Gasteiger charge is 2.14. The molecule has 0 aliphatic rings. The summed E-state index contributed by atoms with van der Waals surface area (Å²) < 4.78 is 21.2. The van der Waals surface area contributed by atoms with E-state index in [4.69, 9.17) is 18.9 Å². The minimum Gasteiger partial charge on any atom is -0.496 e. The smallest absolute Gasteiger partial charge is 0.225 e. The predicted octanol–water partition coefficient (Wildman–Crippen LogP) is 2.84. The number of benzene rings is 2. The number of para-hydroxylation sites is 1. The monoisotopic (exact) mass is 374 g/mol. The van der Waals surface area contributed by atoms with E-state index in [1.165, 1.54) is 21.3 Å². The zero-order chi connectivity index (χ0) is 19.6. The van der Waals surface area contributed by atoms with Crippen molar-refractivity contribution >= 4 is 11.6 Å². The van der Waals surface area contributed by atoms with Crippen LogP contribution < -0.4 is 29.6 Å². The standard InChI is InChI=1S/C20H26N2O5/c1-24-16-8-6-5-7-14(16)13-21-10-9-19(23)22-15-11-17(25-2)20(27-4)18(12-15)26-3/h5-8,11-12,21H,9-10,13H2,1-4H3,(H,22,23). The molecule has 0 aliphatic carbocycles. The quantitative estimate of drug-likeness (QED) is 0.623. The van der Waals surface area contributed by atoms with E-state index in [0.29, 0.717) is 42.4 Å². The maximum absolute atomic E-state index is 12.2. The Labute approximate surface area is 159 Å². The molecule has 146 valence electrons. The number of amides is 1. The summed E-state index contributed by atoms with van der Waals surface area (Å²) in [5.41, 5.74) is 1.63. The second-order valence-electron chi connectivity index (χ2n) is 5.70. The van der Waals surface area contributed by atoms with E-state index < -0.39 is 0 Å². The second-order valence-corrected chi connectivity index (χ2v) is 5.70. The SMILES string of the molecule is COc1ccccc1CNCCC(=O)Nc1cc(OC)c(OC)c(OC)c1. The summed E-state index contributed by atoms with van der Waals surface area (Å²) >= 11 is 0. The van der Waals surface area contributed by atoms with Crippen LogP contribution in [0.4, 0.5) is 5.69 Å². The number of ether oxygens (including phenoxy) is 4. The largest absolute Gasteiger partial charge is 0.496 e. The van der Waals surface area contributed by atoms with Gasteiger partial charge in [-0.05, 0) is 6.07 Å². The minimum atomic E-state index is -0.114. The molecule has 0 aromatic heterocycles. The van der Waals surface area contributed by atoms with Gasteiger partial charge in [-0.15, -0.1) is 0 Å². The molecule has 0 fully saturated rings. The fourth-order valence-electron chi connectivity index (χ4n) is 2.65. The van der Waals surface area contributed by atoms with E-state index >= 15 is 0 Å². The van der Waals surface area contributed by atoms with Crippen molar-refractivity contribution in [2.75, 3.05) is 40.3 Å². The number of carbonyl (C=O) groups excluding carboxylic acids is 1. The highest BCUT2D eigenvalue weighted by molar-refractivity contribution is 5.91. The Morgan fingerprint density at radius 2 is 1.52 bits per heavy atom. The topological polar surface area (TPSA) is 78.1 Å². The summed E-state index contributed by atoms with van der Waals surface area (Å²) in [4.78, 5) is 12.2. The van der Waals surface area contributed by atoms with Crippen molar-refractivity contribution in [2.24, 2.45) is 0 Å². The number of hydrogen-bond donors (Lipinski definition) is 2. The Morgan fingerprint density at radius 1 is 0.889 bits per heavy atom. The lowest BCUT2D eigenvalue weighted by molar-refractivity contribution is -0.116. The van der Waals surface area contributed by atoms with E-state index in [-0.39, 0.29) is 5.91 Å². The number of nitrogens with one attached hydrogen (secondary N) is 2. The van der Waals surface area contributed by atoms with Crippen LogP contribution in [0.5, 0.6) is 23.0 Å². The summed E-state index contributed by atoms with van der Waals surface area (Å²) in [5, 5.41) is 6.09. The third kappa shape index (κ3) is 5.52. The van der Waals surface area contributed by atoms with Gasteiger partial charge in [0.05, 0.1) is 28.4 Å². The number of anilines is 1. The Hall–Kier alpha value is -2.93. The number of carbonyl (C=O) groups is 1. The lowest BCUT2D eigenvalue weighted by atomic mass is 10.2. The lowest BCUT2D eigenvalue weighted by Gasteiger charge is -2.14. The van der Waals surface area contributed by atoms with E-state index in [0.717, 1.165) is 11.3 Å². The molecule has 7 heteroatoms. The highest BCUT2D eigenvalue weighted by Crippen LogP contribution is 2.39. The molecule has 27 heavy (non-hydrogen) atoms. The molecule has 0 saturated heterocycles. The van der Waals surface area contributed by atoms with Gasteiger partial charge in [0.1, 0.15) is 5.75 Å². The van der Waals surface area contributed by atoms with E-state index in [9.17, 15) is 4.79 Å². The van der Waals surface area contributed by atoms with Gasteiger partial charge in [0.25, 0.3) is 0 Å². The zero-order valence-corrected chi connectivity index (χ0v) is 16.1. The van der Waals surface area contributed by atoms with Crippen LogP contribution in [-0.4, -0.2) is 40.9 Å². The van der Waals surface area contributed by atoms with Gasteiger partial charge in [-0.1, -0.05) is 18.2 Å². The number of rotatable bonds is 10. The van der Waals surface area contributed by atoms with Crippen molar-refractivity contribution in [2.45, 2.75) is 13.0 Å². The average Bonchev–Trinajstić information content (AvgIpc) is 2.70. The first-order valence-electron chi connectivity index (χ1n) is 8.55. The molecule has 0 spiro atoms. The molecule has 7 nitrogen and oxygen atoms in total. The van der Waals surface area contributed by atoms with Crippen molar-refractivity contribution in [1.29, 1.82) is 0 Å². The lowest BCUT2D eigenvalue weighted by Crippen LogP contribution is -2.21. The van der Waals surface area contributed by atoms with Gasteiger partial charge in [-0.2, -0.15) is 0 Å². The molecule has 0 aliphatic heterocycles. The zero-order valence-electron chi connectivity index (χ0n) is 16.1. The van der Waals surface area contributed by atoms with Gasteiger partial charge in [0, 0.05) is 42.9 Å². The molecule has 0 bridgehead atoms. The maximum Gasteiger partial charge on any atom is 0.225 e. The van der Waals surface area contributed by atoms with Crippen molar-refractivity contribution in [3.05, 3.63) is 42.0 Å². The molecule has 1 amide bonds. The van der Waals surface area contributed by atoms with Crippen molar-refractivity contribution in [3.63, 3.8) is 0 Å². The van der Waals surface area contributed by atoms with Crippen LogP contribution in [0.3, 0.4) is 0 Å². The Balaban J connectivity index is 1.88. The van der Waals surface area contributed by atoms with Crippen LogP contribution in [0.15, 0.2) is 36.4 Å². The summed E-state index contributed by atoms with van der Waals surface area (Å²) in [7, 11) is 6.24. The first kappa shape index (κ1) is 20.4. The van der Waals surface area contributed by atoms with Gasteiger partial charge in [-0.3, -0.25) is 4.79 Å². The Bertz CT molecular complexity index is 739. The second kappa shape index (κ2) is 10.3. The van der Waals surface area contributed by atoms with E-state index in [1.807, 2.05) is 24.3 Å². The molecular weight excluding hydrogens is 348 g/mol. The third-order valence-electron chi connectivity index (χ3n) is 3.99. The first-order valence-corrected chi connectivity index (χ1v) is 8.55. The van der Waals surface area contributed by atoms with Crippen molar-refractivity contribution in [3.8, 4) is 23.0 Å². The summed E-state index contributed by atoms with van der Waals surface area (Å²) in [6, 6.07) is 11.2. The normalized spacial score (nSPS) is 10.2. The van der Waals surface area contributed by atoms with Crippen LogP contribution in [0.1, 0.15) is 12.0 Å². The van der Waals surface area contributed by atoms with Crippen LogP contribution in [0.2, 0.25) is 0 Å². The van der Waals surface area contributed by atoms with Gasteiger partial charge in [0.15, 0.2) is 11.5 Å². The van der Waals surface area contributed by atoms with Crippen molar-refractivity contribution in [1.82, 2.24) is 5.32 Å². The predicted molar refractivity (Wildman–Crippen MR) is 104 cm³/mol. The molecular formula is C20H26N2O5. The average molecular weight is 374 g/mol. The van der Waals surface area contributed by atoms with Gasteiger partial charge in [0.2, 0.25) is 11.7 Å². The van der Waals surface area contributed by atoms with Gasteiger partial charge >= 0.3 is 0 Å². The Kier molecular flexibility index (Phi) is 7.76. The van der Waals surface area contributed by atoms with E-state index in [2.05, 4.69) is 10.6 Å². The third-order valence-corrected chi connectivity index (χ3v) is 3.99. The molecule has 0 atom stereocenters. The molecule has 0 saturated carbocycles. The maximum atomic E-state index is 12.2. The summed E-state index contributed by atoms with van der Waals surface area (Å²) in [5.74, 6) is 2.17. The number of methoxy groups -OCH3 is 4. The molecule has 2 rings (SSSR count). The van der Waals surface area contributed by atoms with Gasteiger partial charge in [-0.25, -0.2) is 0 Å². The van der Waals surface area contributed by atoms with Crippen LogP contribution >= 0.6 is 0 Å². The van der Waals surface area contributed by atoms with Crippen LogP contribution in [-0.2, 0) is 11.3 Å².